The maximum Gasteiger partial charge on any atom is 0.159 e. The van der Waals surface area contributed by atoms with Gasteiger partial charge in [-0.15, -0.1) is 0 Å². The van der Waals surface area contributed by atoms with Crippen LogP contribution in [0.4, 0.5) is 28.4 Å². The molecule has 0 N–H and O–H groups in total. The quantitative estimate of drug-likeness (QED) is 0.168. The summed E-state index contributed by atoms with van der Waals surface area (Å²) in [6, 6.07) is 66.3. The number of anilines is 5. The molecule has 11 aromatic rings. The Bertz CT molecular complexity index is 3600. The van der Waals surface area contributed by atoms with Gasteiger partial charge in [-0.1, -0.05) is 146 Å². The van der Waals surface area contributed by atoms with E-state index in [9.17, 15) is 0 Å². The molecule has 1 aliphatic heterocycles. The molecular weight excluding hydrogens is 749 g/mol. The molecule has 2 unspecified atom stereocenters. The van der Waals surface area contributed by atoms with Crippen molar-refractivity contribution in [3.8, 4) is 5.75 Å². The number of hydrogen-bond donors (Lipinski definition) is 0. The average molecular weight is 785 g/mol. The number of fused-ring (bicyclic) bond motifs is 13. The average Bonchev–Trinajstić information content (AvgIpc) is 4.02. The van der Waals surface area contributed by atoms with Crippen LogP contribution in [0.15, 0.2) is 221 Å². The maximum absolute atomic E-state index is 7.13. The number of ether oxygens (including phenoxy) is 1. The molecule has 2 aliphatic rings. The van der Waals surface area contributed by atoms with Gasteiger partial charge in [0.05, 0.1) is 22.8 Å². The van der Waals surface area contributed by atoms with Crippen molar-refractivity contribution < 1.29 is 13.6 Å². The largest absolute Gasteiger partial charge is 0.483 e. The molecule has 0 amide bonds. The number of benzene rings is 9. The first-order chi connectivity index (χ1) is 30.3. The number of nitrogens with zero attached hydrogens (tertiary/aromatic N) is 2. The predicted octanol–water partition coefficient (Wildman–Crippen LogP) is 15.4. The first-order valence-corrected chi connectivity index (χ1v) is 20.8. The van der Waals surface area contributed by atoms with E-state index >= 15 is 0 Å². The lowest BCUT2D eigenvalue weighted by atomic mass is 9.89. The Balaban J connectivity index is 1.10. The molecule has 3 heterocycles. The topological polar surface area (TPSA) is 42.0 Å². The fourth-order valence-electron chi connectivity index (χ4n) is 9.90. The number of allylic oxidation sites excluding steroid dienone is 2. The van der Waals surface area contributed by atoms with Gasteiger partial charge in [-0.25, -0.2) is 0 Å². The number of para-hydroxylation sites is 5. The van der Waals surface area contributed by atoms with Gasteiger partial charge >= 0.3 is 0 Å². The van der Waals surface area contributed by atoms with Gasteiger partial charge in [0, 0.05) is 65.9 Å². The van der Waals surface area contributed by atoms with Gasteiger partial charge in [0.2, 0.25) is 0 Å². The van der Waals surface area contributed by atoms with Crippen LogP contribution < -0.4 is 14.5 Å². The van der Waals surface area contributed by atoms with Gasteiger partial charge in [-0.3, -0.25) is 0 Å². The molecular formula is C56H36N2O3. The Morgan fingerprint density at radius 3 is 1.64 bits per heavy atom. The van der Waals surface area contributed by atoms with E-state index in [1.54, 1.807) is 0 Å². The summed E-state index contributed by atoms with van der Waals surface area (Å²) in [6.45, 7) is 0. The monoisotopic (exact) mass is 784 g/mol. The highest BCUT2D eigenvalue weighted by molar-refractivity contribution is 6.25. The zero-order valence-electron chi connectivity index (χ0n) is 32.9. The van der Waals surface area contributed by atoms with Crippen molar-refractivity contribution in [2.45, 2.75) is 12.0 Å². The fraction of sp³-hybridized carbons (Fsp3) is 0.0357. The first-order valence-electron chi connectivity index (χ1n) is 20.8. The van der Waals surface area contributed by atoms with Crippen molar-refractivity contribution in [3.63, 3.8) is 0 Å². The minimum absolute atomic E-state index is 0.0984. The standard InChI is InChI=1S/C56H36N2O3/c1-3-17-35(18-4-1)57(47-29-15-27-43-39-23-11-13-31-51(39)59-55(43)47)49-33-45-46-34-50(38-22-8-10-26-42(38)54(46)61-53(45)41-25-9-7-21-37(41)49)58(36-19-5-2-6-20-36)48-30-16-28-44-40-24-12-14-32-52(40)60-56(44)48/h1-34,43,55H. The van der Waals surface area contributed by atoms with E-state index in [1.165, 1.54) is 5.56 Å². The molecule has 0 saturated carbocycles. The lowest BCUT2D eigenvalue weighted by Crippen LogP contribution is -2.32. The minimum Gasteiger partial charge on any atom is -0.483 e. The normalized spacial score (nSPS) is 15.7. The second-order valence-electron chi connectivity index (χ2n) is 15.9. The molecule has 0 radical (unpaired) electrons. The third-order valence-electron chi connectivity index (χ3n) is 12.6. The zero-order chi connectivity index (χ0) is 40.0. The molecule has 9 aromatic carbocycles. The smallest absolute Gasteiger partial charge is 0.159 e. The van der Waals surface area contributed by atoms with Crippen molar-refractivity contribution >= 4 is 93.9 Å². The molecule has 5 nitrogen and oxygen atoms in total. The van der Waals surface area contributed by atoms with Gasteiger partial charge in [0.1, 0.15) is 28.6 Å². The second-order valence-corrected chi connectivity index (χ2v) is 15.9. The van der Waals surface area contributed by atoms with E-state index in [2.05, 4.69) is 204 Å². The first kappa shape index (κ1) is 33.9. The third-order valence-corrected chi connectivity index (χ3v) is 12.6. The highest BCUT2D eigenvalue weighted by Gasteiger charge is 2.40. The molecule has 13 rings (SSSR count). The van der Waals surface area contributed by atoms with Gasteiger partial charge in [-0.05, 0) is 60.7 Å². The van der Waals surface area contributed by atoms with E-state index in [1.807, 2.05) is 12.1 Å². The summed E-state index contributed by atoms with van der Waals surface area (Å²) in [4.78, 5) is 4.74. The Kier molecular flexibility index (Phi) is 7.36. The van der Waals surface area contributed by atoms with Gasteiger partial charge < -0.3 is 23.4 Å². The molecule has 2 atom stereocenters. The molecule has 288 valence electrons. The number of furan rings is 2. The number of hydrogen-bond acceptors (Lipinski definition) is 5. The minimum atomic E-state index is -0.200. The Morgan fingerprint density at radius 2 is 0.934 bits per heavy atom. The lowest BCUT2D eigenvalue weighted by molar-refractivity contribution is 0.253. The van der Waals surface area contributed by atoms with Crippen LogP contribution in [-0.4, -0.2) is 6.10 Å². The summed E-state index contributed by atoms with van der Waals surface area (Å²) >= 11 is 0. The van der Waals surface area contributed by atoms with Crippen LogP contribution >= 0.6 is 0 Å². The fourth-order valence-corrected chi connectivity index (χ4v) is 9.90. The van der Waals surface area contributed by atoms with Crippen molar-refractivity contribution in [2.24, 2.45) is 0 Å². The molecule has 0 spiro atoms. The summed E-state index contributed by atoms with van der Waals surface area (Å²) in [5.41, 5.74) is 10.8. The van der Waals surface area contributed by atoms with Gasteiger partial charge in [-0.2, -0.15) is 0 Å². The summed E-state index contributed by atoms with van der Waals surface area (Å²) in [6.07, 6.45) is 6.47. The van der Waals surface area contributed by atoms with Crippen LogP contribution in [0.2, 0.25) is 0 Å². The molecule has 1 aliphatic carbocycles. The molecule has 0 fully saturated rings. The summed E-state index contributed by atoms with van der Waals surface area (Å²) < 4.78 is 20.7. The molecule has 0 bridgehead atoms. The van der Waals surface area contributed by atoms with Crippen LogP contribution in [0.25, 0.3) is 65.4 Å². The molecule has 61 heavy (non-hydrogen) atoms. The third kappa shape index (κ3) is 5.07. The Labute approximate surface area is 351 Å². The summed E-state index contributed by atoms with van der Waals surface area (Å²) in [5, 5.41) is 8.48. The van der Waals surface area contributed by atoms with Crippen molar-refractivity contribution in [1.29, 1.82) is 0 Å². The predicted molar refractivity (Wildman–Crippen MR) is 250 cm³/mol. The second kappa shape index (κ2) is 13.2. The molecule has 5 heteroatoms. The van der Waals surface area contributed by atoms with E-state index in [4.69, 9.17) is 13.6 Å². The Morgan fingerprint density at radius 1 is 0.393 bits per heavy atom. The molecule has 0 saturated heterocycles. The van der Waals surface area contributed by atoms with Crippen LogP contribution in [0, 0.1) is 0 Å². The van der Waals surface area contributed by atoms with Crippen LogP contribution in [0.3, 0.4) is 0 Å². The van der Waals surface area contributed by atoms with E-state index < -0.39 is 0 Å². The molecule has 2 aromatic heterocycles. The number of rotatable bonds is 6. The zero-order valence-corrected chi connectivity index (χ0v) is 32.9. The van der Waals surface area contributed by atoms with Crippen LogP contribution in [0.1, 0.15) is 11.5 Å². The highest BCUT2D eigenvalue weighted by atomic mass is 16.5. The van der Waals surface area contributed by atoms with E-state index in [0.717, 1.165) is 105 Å². The Hall–Kier alpha value is -8.02. The SMILES string of the molecule is C1=CC2c3ccccc3OC2C(N(c2ccccc2)c2cc3c4cc(N(c5ccccc5)c5cccc6c5oc5ccccc56)c5ccccc5c4oc3c3ccccc23)=C1. The highest BCUT2D eigenvalue weighted by Crippen LogP contribution is 2.51. The van der Waals surface area contributed by atoms with Crippen LogP contribution in [-0.2, 0) is 0 Å². The van der Waals surface area contributed by atoms with Crippen LogP contribution in [0.5, 0.6) is 5.75 Å². The van der Waals surface area contributed by atoms with E-state index in [-0.39, 0.29) is 12.0 Å². The van der Waals surface area contributed by atoms with Gasteiger partial charge in [0.15, 0.2) is 5.58 Å². The summed E-state index contributed by atoms with van der Waals surface area (Å²) in [5.74, 6) is 1.03. The van der Waals surface area contributed by atoms with Crippen molar-refractivity contribution in [3.05, 3.63) is 218 Å². The lowest BCUT2D eigenvalue weighted by Gasteiger charge is -2.34. The summed E-state index contributed by atoms with van der Waals surface area (Å²) in [7, 11) is 0. The van der Waals surface area contributed by atoms with E-state index in [0.29, 0.717) is 0 Å². The van der Waals surface area contributed by atoms with Gasteiger partial charge in [0.25, 0.3) is 0 Å². The van der Waals surface area contributed by atoms with Crippen molar-refractivity contribution in [2.75, 3.05) is 9.80 Å². The van der Waals surface area contributed by atoms with Crippen molar-refractivity contribution in [1.82, 2.24) is 0 Å². The maximum atomic E-state index is 7.13.